The van der Waals surface area contributed by atoms with Crippen LogP contribution in [0.2, 0.25) is 5.02 Å². The molecule has 0 fully saturated rings. The molecular formula is C17H11ClFNO. The van der Waals surface area contributed by atoms with Crippen molar-refractivity contribution in [2.24, 2.45) is 0 Å². The number of nitrogens with one attached hydrogen (secondary N) is 1. The van der Waals surface area contributed by atoms with Gasteiger partial charge in [-0.15, -0.1) is 0 Å². The molecule has 0 bridgehead atoms. The number of carbonyl (C=O) groups excluding carboxylic acids is 1. The van der Waals surface area contributed by atoms with Gasteiger partial charge in [0, 0.05) is 10.6 Å². The van der Waals surface area contributed by atoms with Gasteiger partial charge in [0.15, 0.2) is 0 Å². The molecule has 0 saturated carbocycles. The Kier molecular flexibility index (Phi) is 3.59. The van der Waals surface area contributed by atoms with E-state index in [1.807, 2.05) is 30.3 Å². The lowest BCUT2D eigenvalue weighted by atomic mass is 10.1. The predicted molar refractivity (Wildman–Crippen MR) is 83.3 cm³/mol. The fourth-order valence-electron chi connectivity index (χ4n) is 2.12. The molecule has 0 aromatic heterocycles. The van der Waals surface area contributed by atoms with E-state index in [9.17, 15) is 9.18 Å². The van der Waals surface area contributed by atoms with E-state index in [0.29, 0.717) is 5.56 Å². The van der Waals surface area contributed by atoms with Crippen molar-refractivity contribution in [3.8, 4) is 0 Å². The normalized spacial score (nSPS) is 10.6. The molecule has 0 saturated heterocycles. The largest absolute Gasteiger partial charge is 0.319 e. The minimum Gasteiger partial charge on any atom is -0.319 e. The second kappa shape index (κ2) is 5.54. The summed E-state index contributed by atoms with van der Waals surface area (Å²) < 4.78 is 13.7. The summed E-state index contributed by atoms with van der Waals surface area (Å²) in [6.45, 7) is 0. The molecule has 0 unspecified atom stereocenters. The third kappa shape index (κ3) is 2.88. The Hall–Kier alpha value is -2.39. The first kappa shape index (κ1) is 13.6. The van der Waals surface area contributed by atoms with Gasteiger partial charge in [0.05, 0.1) is 5.69 Å². The van der Waals surface area contributed by atoms with Gasteiger partial charge in [-0.25, -0.2) is 4.39 Å². The number of hydrogen-bond donors (Lipinski definition) is 1. The molecule has 1 N–H and O–H groups in total. The Morgan fingerprint density at radius 1 is 0.952 bits per heavy atom. The van der Waals surface area contributed by atoms with Crippen LogP contribution in [-0.2, 0) is 0 Å². The molecule has 1 amide bonds. The Balaban J connectivity index is 1.89. The van der Waals surface area contributed by atoms with E-state index in [0.717, 1.165) is 16.8 Å². The van der Waals surface area contributed by atoms with Crippen LogP contribution in [0.15, 0.2) is 60.7 Å². The Labute approximate surface area is 126 Å². The molecule has 3 aromatic rings. The van der Waals surface area contributed by atoms with E-state index < -0.39 is 5.82 Å². The average molecular weight is 300 g/mol. The van der Waals surface area contributed by atoms with Crippen molar-refractivity contribution < 1.29 is 9.18 Å². The van der Waals surface area contributed by atoms with Gasteiger partial charge in [-0.2, -0.15) is 0 Å². The van der Waals surface area contributed by atoms with E-state index in [1.54, 1.807) is 12.1 Å². The quantitative estimate of drug-likeness (QED) is 0.717. The molecule has 104 valence electrons. The lowest BCUT2D eigenvalue weighted by Crippen LogP contribution is -2.12. The summed E-state index contributed by atoms with van der Waals surface area (Å²) in [6.07, 6.45) is 0. The molecule has 0 aliphatic carbocycles. The average Bonchev–Trinajstić information content (AvgIpc) is 2.49. The highest BCUT2D eigenvalue weighted by molar-refractivity contribution is 6.30. The number of carbonyl (C=O) groups is 1. The summed E-state index contributed by atoms with van der Waals surface area (Å²) in [7, 11) is 0. The SMILES string of the molecule is O=C(Nc1ccc(Cl)cc1F)c1ccc2ccccc2c1. The van der Waals surface area contributed by atoms with Crippen LogP contribution >= 0.6 is 11.6 Å². The van der Waals surface area contributed by atoms with E-state index in [2.05, 4.69) is 5.32 Å². The zero-order chi connectivity index (χ0) is 14.8. The number of fused-ring (bicyclic) bond motifs is 1. The maximum Gasteiger partial charge on any atom is 0.255 e. The van der Waals surface area contributed by atoms with Gasteiger partial charge < -0.3 is 5.32 Å². The molecule has 4 heteroatoms. The molecule has 0 heterocycles. The predicted octanol–water partition coefficient (Wildman–Crippen LogP) is 4.88. The molecular weight excluding hydrogens is 289 g/mol. The number of hydrogen-bond acceptors (Lipinski definition) is 1. The van der Waals surface area contributed by atoms with Gasteiger partial charge in [-0.1, -0.05) is 41.9 Å². The van der Waals surface area contributed by atoms with E-state index in [1.165, 1.54) is 12.1 Å². The van der Waals surface area contributed by atoms with Crippen molar-refractivity contribution in [1.29, 1.82) is 0 Å². The van der Waals surface area contributed by atoms with Crippen molar-refractivity contribution in [3.63, 3.8) is 0 Å². The van der Waals surface area contributed by atoms with E-state index in [-0.39, 0.29) is 16.6 Å². The monoisotopic (exact) mass is 299 g/mol. The van der Waals surface area contributed by atoms with Gasteiger partial charge in [0.25, 0.3) is 5.91 Å². The molecule has 3 aromatic carbocycles. The standard InChI is InChI=1S/C17H11ClFNO/c18-14-7-8-16(15(19)10-14)20-17(21)13-6-5-11-3-1-2-4-12(11)9-13/h1-10H,(H,20,21). The lowest BCUT2D eigenvalue weighted by molar-refractivity contribution is 0.102. The second-order valence-corrected chi connectivity index (χ2v) is 5.08. The molecule has 0 spiro atoms. The van der Waals surface area contributed by atoms with E-state index >= 15 is 0 Å². The van der Waals surface area contributed by atoms with Gasteiger partial charge in [0.1, 0.15) is 5.82 Å². The molecule has 3 rings (SSSR count). The zero-order valence-corrected chi connectivity index (χ0v) is 11.7. The highest BCUT2D eigenvalue weighted by Crippen LogP contribution is 2.21. The Morgan fingerprint density at radius 2 is 1.71 bits per heavy atom. The smallest absolute Gasteiger partial charge is 0.255 e. The zero-order valence-electron chi connectivity index (χ0n) is 10.9. The third-order valence-corrected chi connectivity index (χ3v) is 3.43. The molecule has 21 heavy (non-hydrogen) atoms. The number of amides is 1. The van der Waals surface area contributed by atoms with Crippen LogP contribution in [0.4, 0.5) is 10.1 Å². The van der Waals surface area contributed by atoms with Crippen molar-refractivity contribution in [2.75, 3.05) is 5.32 Å². The second-order valence-electron chi connectivity index (χ2n) is 4.64. The number of anilines is 1. The van der Waals surface area contributed by atoms with Gasteiger partial charge >= 0.3 is 0 Å². The number of benzene rings is 3. The van der Waals surface area contributed by atoms with Crippen LogP contribution in [0.25, 0.3) is 10.8 Å². The molecule has 2 nitrogen and oxygen atoms in total. The fourth-order valence-corrected chi connectivity index (χ4v) is 2.27. The van der Waals surface area contributed by atoms with Crippen LogP contribution in [0, 0.1) is 5.82 Å². The Bertz CT molecular complexity index is 832. The maximum atomic E-state index is 13.7. The van der Waals surface area contributed by atoms with Crippen LogP contribution in [0.5, 0.6) is 0 Å². The maximum absolute atomic E-state index is 13.7. The number of halogens is 2. The summed E-state index contributed by atoms with van der Waals surface area (Å²) in [5, 5.41) is 4.84. The highest BCUT2D eigenvalue weighted by Gasteiger charge is 2.10. The minimum atomic E-state index is -0.559. The van der Waals surface area contributed by atoms with Crippen LogP contribution in [0.3, 0.4) is 0 Å². The summed E-state index contributed by atoms with van der Waals surface area (Å²) >= 11 is 5.68. The van der Waals surface area contributed by atoms with Crippen molar-refractivity contribution >= 4 is 34.0 Å². The summed E-state index contributed by atoms with van der Waals surface area (Å²) in [6, 6.07) is 17.2. The topological polar surface area (TPSA) is 29.1 Å². The molecule has 0 radical (unpaired) electrons. The number of rotatable bonds is 2. The van der Waals surface area contributed by atoms with Gasteiger partial charge in [0.2, 0.25) is 0 Å². The molecule has 0 atom stereocenters. The van der Waals surface area contributed by atoms with Crippen molar-refractivity contribution in [3.05, 3.63) is 77.1 Å². The molecule has 0 aliphatic rings. The molecule has 0 aliphatic heterocycles. The van der Waals surface area contributed by atoms with Crippen LogP contribution in [0.1, 0.15) is 10.4 Å². The van der Waals surface area contributed by atoms with Crippen molar-refractivity contribution in [2.45, 2.75) is 0 Å². The summed E-state index contributed by atoms with van der Waals surface area (Å²) in [5.41, 5.74) is 0.584. The Morgan fingerprint density at radius 3 is 2.48 bits per heavy atom. The summed E-state index contributed by atoms with van der Waals surface area (Å²) in [5.74, 6) is -0.918. The summed E-state index contributed by atoms with van der Waals surface area (Å²) in [4.78, 5) is 12.2. The van der Waals surface area contributed by atoms with Crippen LogP contribution in [-0.4, -0.2) is 5.91 Å². The highest BCUT2D eigenvalue weighted by atomic mass is 35.5. The first-order valence-corrected chi connectivity index (χ1v) is 6.76. The van der Waals surface area contributed by atoms with E-state index in [4.69, 9.17) is 11.6 Å². The lowest BCUT2D eigenvalue weighted by Gasteiger charge is -2.07. The minimum absolute atomic E-state index is 0.109. The van der Waals surface area contributed by atoms with Gasteiger partial charge in [-0.3, -0.25) is 4.79 Å². The third-order valence-electron chi connectivity index (χ3n) is 3.19. The fraction of sp³-hybridized carbons (Fsp3) is 0. The first-order chi connectivity index (χ1) is 10.1. The van der Waals surface area contributed by atoms with Crippen molar-refractivity contribution in [1.82, 2.24) is 0 Å². The van der Waals surface area contributed by atoms with Crippen LogP contribution < -0.4 is 5.32 Å². The van der Waals surface area contributed by atoms with Gasteiger partial charge in [-0.05, 0) is 41.1 Å². The first-order valence-electron chi connectivity index (χ1n) is 6.39.